The van der Waals surface area contributed by atoms with Gasteiger partial charge in [-0.3, -0.25) is 10.1 Å². The van der Waals surface area contributed by atoms with E-state index in [1.54, 1.807) is 38.1 Å². The van der Waals surface area contributed by atoms with Crippen molar-refractivity contribution in [1.82, 2.24) is 10.0 Å². The van der Waals surface area contributed by atoms with Crippen LogP contribution in [0.4, 0.5) is 15.3 Å². The molecule has 0 radical (unpaired) electrons. The zero-order valence-electron chi connectivity index (χ0n) is 19.6. The first-order chi connectivity index (χ1) is 16.7. The number of nitrogens with zero attached hydrogens (tertiary/aromatic N) is 4. The molecule has 2 aromatic rings. The Balaban J connectivity index is 2.36. The van der Waals surface area contributed by atoms with E-state index in [9.17, 15) is 24.5 Å². The Morgan fingerprint density at radius 2 is 1.54 bits per heavy atom. The highest BCUT2D eigenvalue weighted by molar-refractivity contribution is 6.11. The lowest BCUT2D eigenvalue weighted by molar-refractivity contribution is -0.384. The third-order valence-corrected chi connectivity index (χ3v) is 5.12. The summed E-state index contributed by atoms with van der Waals surface area (Å²) in [5.41, 5.74) is -1.18. The van der Waals surface area contributed by atoms with Crippen LogP contribution in [0.5, 0.6) is 0 Å². The molecule has 3 rings (SSSR count). The van der Waals surface area contributed by atoms with Gasteiger partial charge in [-0.2, -0.15) is 10.0 Å². The SMILES string of the molecule is CCOC(=O)N1C(c2ccc(C)cc2)=NC(C(=O)OC)(c2ccc([N+](=O)[O-])cc2)N1C(=O)OCC. The second kappa shape index (κ2) is 10.2. The molecule has 2 aromatic carbocycles. The number of aryl methyl sites for hydroxylation is 1. The van der Waals surface area contributed by atoms with Crippen molar-refractivity contribution in [3.8, 4) is 0 Å². The molecule has 0 fully saturated rings. The average Bonchev–Trinajstić information content (AvgIpc) is 3.22. The maximum absolute atomic E-state index is 13.3. The maximum Gasteiger partial charge on any atom is 0.435 e. The fraction of sp³-hybridized carbons (Fsp3) is 0.304. The third kappa shape index (κ3) is 4.50. The minimum absolute atomic E-state index is 0.0272. The number of nitro benzene ring substituents is 1. The zero-order chi connectivity index (χ0) is 25.8. The second-order valence-corrected chi connectivity index (χ2v) is 7.29. The van der Waals surface area contributed by atoms with Crippen molar-refractivity contribution in [3.63, 3.8) is 0 Å². The number of nitro groups is 1. The highest BCUT2D eigenvalue weighted by Gasteiger charge is 2.60. The standard InChI is InChI=1S/C23H24N4O8/c1-5-34-21(29)25-19(16-9-7-15(3)8-10-16)24-23(20(28)33-4,26(25)22(30)35-6-2)17-11-13-18(14-12-17)27(31)32/h7-14H,5-6H2,1-4H3. The lowest BCUT2D eigenvalue weighted by atomic mass is 9.99. The molecule has 2 amide bonds. The predicted molar refractivity (Wildman–Crippen MR) is 122 cm³/mol. The van der Waals surface area contributed by atoms with Crippen LogP contribution < -0.4 is 0 Å². The summed E-state index contributed by atoms with van der Waals surface area (Å²) in [4.78, 5) is 54.8. The molecule has 12 nitrogen and oxygen atoms in total. The van der Waals surface area contributed by atoms with Gasteiger partial charge in [-0.1, -0.05) is 29.8 Å². The summed E-state index contributed by atoms with van der Waals surface area (Å²) in [5, 5.41) is 12.7. The summed E-state index contributed by atoms with van der Waals surface area (Å²) in [5.74, 6) is -1.11. The van der Waals surface area contributed by atoms with Crippen molar-refractivity contribution in [3.05, 3.63) is 75.3 Å². The van der Waals surface area contributed by atoms with Crippen LogP contribution in [0.2, 0.25) is 0 Å². The van der Waals surface area contributed by atoms with E-state index in [0.29, 0.717) is 10.6 Å². The topological polar surface area (TPSA) is 141 Å². The number of methoxy groups -OCH3 is 1. The van der Waals surface area contributed by atoms with Crippen LogP contribution in [-0.4, -0.2) is 59.3 Å². The van der Waals surface area contributed by atoms with Crippen molar-refractivity contribution in [1.29, 1.82) is 0 Å². The van der Waals surface area contributed by atoms with Gasteiger partial charge in [0, 0.05) is 23.3 Å². The fourth-order valence-corrected chi connectivity index (χ4v) is 3.52. The van der Waals surface area contributed by atoms with E-state index in [0.717, 1.165) is 29.8 Å². The van der Waals surface area contributed by atoms with E-state index in [2.05, 4.69) is 4.99 Å². The molecule has 1 aliphatic rings. The Morgan fingerprint density at radius 1 is 0.971 bits per heavy atom. The molecule has 0 N–H and O–H groups in total. The molecular formula is C23H24N4O8. The van der Waals surface area contributed by atoms with E-state index in [1.807, 2.05) is 6.92 Å². The Bertz CT molecular complexity index is 1160. The number of hydrogen-bond acceptors (Lipinski definition) is 9. The molecule has 1 atom stereocenters. The number of amides is 2. The minimum Gasteiger partial charge on any atom is -0.465 e. The highest BCUT2D eigenvalue weighted by atomic mass is 16.6. The van der Waals surface area contributed by atoms with Gasteiger partial charge in [0.15, 0.2) is 5.84 Å². The second-order valence-electron chi connectivity index (χ2n) is 7.29. The Hall–Kier alpha value is -4.48. The number of benzene rings is 2. The van der Waals surface area contributed by atoms with Gasteiger partial charge in [0.05, 0.1) is 25.2 Å². The number of aliphatic imine (C=N–C) groups is 1. The van der Waals surface area contributed by atoms with Crippen LogP contribution in [-0.2, 0) is 24.7 Å². The third-order valence-electron chi connectivity index (χ3n) is 5.12. The van der Waals surface area contributed by atoms with Gasteiger partial charge in [-0.25, -0.2) is 19.4 Å². The number of amidine groups is 1. The first-order valence-electron chi connectivity index (χ1n) is 10.6. The molecule has 1 heterocycles. The quantitative estimate of drug-likeness (QED) is 0.262. The van der Waals surface area contributed by atoms with Gasteiger partial charge in [0.2, 0.25) is 0 Å². The molecule has 0 aliphatic carbocycles. The maximum atomic E-state index is 13.3. The van der Waals surface area contributed by atoms with Crippen LogP contribution in [0.25, 0.3) is 0 Å². The summed E-state index contributed by atoms with van der Waals surface area (Å²) >= 11 is 0. The number of carbonyl (C=O) groups excluding carboxylic acids is 3. The molecule has 0 bridgehead atoms. The molecule has 1 unspecified atom stereocenters. The molecule has 12 heteroatoms. The van der Waals surface area contributed by atoms with E-state index in [1.165, 1.54) is 12.1 Å². The number of esters is 1. The number of non-ortho nitro benzene ring substituents is 1. The van der Waals surface area contributed by atoms with Crippen molar-refractivity contribution in [2.75, 3.05) is 20.3 Å². The van der Waals surface area contributed by atoms with Gasteiger partial charge in [-0.05, 0) is 32.9 Å². The predicted octanol–water partition coefficient (Wildman–Crippen LogP) is 3.52. The smallest absolute Gasteiger partial charge is 0.435 e. The number of hydrazine groups is 1. The van der Waals surface area contributed by atoms with Gasteiger partial charge >= 0.3 is 18.2 Å². The monoisotopic (exact) mass is 484 g/mol. The summed E-state index contributed by atoms with van der Waals surface area (Å²) < 4.78 is 15.3. The van der Waals surface area contributed by atoms with Crippen LogP contribution in [0.15, 0.2) is 53.5 Å². The first kappa shape index (κ1) is 25.1. The van der Waals surface area contributed by atoms with Gasteiger partial charge in [0.1, 0.15) is 0 Å². The summed E-state index contributed by atoms with van der Waals surface area (Å²) in [6, 6.07) is 11.7. The van der Waals surface area contributed by atoms with Crippen LogP contribution in [0.1, 0.15) is 30.5 Å². The van der Waals surface area contributed by atoms with Crippen molar-refractivity contribution in [2.24, 2.45) is 4.99 Å². The number of rotatable bonds is 6. The molecule has 0 saturated heterocycles. The minimum atomic E-state index is -2.27. The lowest BCUT2D eigenvalue weighted by Gasteiger charge is -2.36. The number of ether oxygens (including phenoxy) is 3. The molecule has 1 aliphatic heterocycles. The van der Waals surface area contributed by atoms with Gasteiger partial charge < -0.3 is 14.2 Å². The molecule has 0 aromatic heterocycles. The Morgan fingerprint density at radius 3 is 2.06 bits per heavy atom. The van der Waals surface area contributed by atoms with Crippen LogP contribution in [0.3, 0.4) is 0 Å². The van der Waals surface area contributed by atoms with Gasteiger partial charge in [0.25, 0.3) is 11.4 Å². The van der Waals surface area contributed by atoms with Crippen molar-refractivity contribution in [2.45, 2.75) is 26.4 Å². The summed E-state index contributed by atoms with van der Waals surface area (Å²) in [6.07, 6.45) is -2.08. The molecular weight excluding hydrogens is 460 g/mol. The first-order valence-corrected chi connectivity index (χ1v) is 10.6. The molecule has 0 saturated carbocycles. The van der Waals surface area contributed by atoms with Crippen LogP contribution >= 0.6 is 0 Å². The zero-order valence-corrected chi connectivity index (χ0v) is 19.6. The summed E-state index contributed by atoms with van der Waals surface area (Å²) in [6.45, 7) is 4.88. The lowest BCUT2D eigenvalue weighted by Crippen LogP contribution is -2.59. The number of hydrogen-bond donors (Lipinski definition) is 0. The molecule has 35 heavy (non-hydrogen) atoms. The Labute approximate surface area is 200 Å². The molecule has 184 valence electrons. The molecule has 0 spiro atoms. The van der Waals surface area contributed by atoms with E-state index in [-0.39, 0.29) is 30.3 Å². The summed E-state index contributed by atoms with van der Waals surface area (Å²) in [7, 11) is 1.09. The van der Waals surface area contributed by atoms with Crippen molar-refractivity contribution < 1.29 is 33.5 Å². The number of carbonyl (C=O) groups is 3. The highest BCUT2D eigenvalue weighted by Crippen LogP contribution is 2.41. The Kier molecular flexibility index (Phi) is 7.33. The fourth-order valence-electron chi connectivity index (χ4n) is 3.52. The average molecular weight is 484 g/mol. The van der Waals surface area contributed by atoms with Crippen LogP contribution in [0, 0.1) is 17.0 Å². The van der Waals surface area contributed by atoms with E-state index in [4.69, 9.17) is 14.2 Å². The largest absolute Gasteiger partial charge is 0.465 e. The van der Waals surface area contributed by atoms with Gasteiger partial charge in [-0.15, -0.1) is 0 Å². The normalized spacial score (nSPS) is 17.0. The van der Waals surface area contributed by atoms with Crippen molar-refractivity contribution >= 4 is 29.7 Å². The van der Waals surface area contributed by atoms with E-state index < -0.39 is 28.7 Å². The van der Waals surface area contributed by atoms with E-state index >= 15 is 0 Å².